The Kier molecular flexibility index (Phi) is 9.57. The molecular weight excluding hydrogens is 761 g/mol. The monoisotopic (exact) mass is 790 g/mol. The van der Waals surface area contributed by atoms with Gasteiger partial charge in [0.15, 0.2) is 0 Å². The van der Waals surface area contributed by atoms with Crippen molar-refractivity contribution in [2.45, 2.75) is 64.2 Å². The summed E-state index contributed by atoms with van der Waals surface area (Å²) in [6, 6.07) is 16.6. The fraction of sp³-hybridized carbons (Fsp3) is 0.300. The van der Waals surface area contributed by atoms with Gasteiger partial charge in [0.25, 0.3) is 0 Å². The molecule has 1 spiro atoms. The second-order valence-corrected chi connectivity index (χ2v) is 19.2. The molecule has 2 aliphatic rings. The van der Waals surface area contributed by atoms with E-state index in [-0.39, 0.29) is 16.6 Å². The van der Waals surface area contributed by atoms with E-state index in [1.807, 2.05) is 81.8 Å². The van der Waals surface area contributed by atoms with E-state index in [2.05, 4.69) is 26.0 Å². The molecule has 0 saturated heterocycles. The molecule has 1 saturated carbocycles. The van der Waals surface area contributed by atoms with Gasteiger partial charge in [-0.2, -0.15) is 21.0 Å². The van der Waals surface area contributed by atoms with Gasteiger partial charge in [0.2, 0.25) is 0 Å². The minimum absolute atomic E-state index is 0.000275. The average molecular weight is 791 g/mol. The maximum absolute atomic E-state index is 9.40. The molecule has 52 heavy (non-hydrogen) atoms. The van der Waals surface area contributed by atoms with E-state index in [0.29, 0.717) is 13.2 Å². The first-order chi connectivity index (χ1) is 25.4. The lowest BCUT2D eigenvalue weighted by atomic mass is 9.68. The van der Waals surface area contributed by atoms with Crippen LogP contribution in [0.3, 0.4) is 0 Å². The highest BCUT2D eigenvalue weighted by molar-refractivity contribution is 7.41. The Morgan fingerprint density at radius 2 is 1.21 bits per heavy atom. The number of hydrogen-bond donors (Lipinski definition) is 0. The van der Waals surface area contributed by atoms with E-state index in [9.17, 15) is 21.0 Å². The summed E-state index contributed by atoms with van der Waals surface area (Å²) in [4.78, 5) is 8.91. The van der Waals surface area contributed by atoms with Crippen molar-refractivity contribution in [1.29, 1.82) is 21.0 Å². The fourth-order valence-corrected chi connectivity index (χ4v) is 15.5. The summed E-state index contributed by atoms with van der Waals surface area (Å²) in [5.41, 5.74) is 3.17. The van der Waals surface area contributed by atoms with Gasteiger partial charge in [0.05, 0.1) is 46.8 Å². The Morgan fingerprint density at radius 3 is 1.77 bits per heavy atom. The summed E-state index contributed by atoms with van der Waals surface area (Å²) in [7, 11) is 0. The van der Waals surface area contributed by atoms with Gasteiger partial charge in [0, 0.05) is 35.2 Å². The molecule has 0 bridgehead atoms. The van der Waals surface area contributed by atoms with Crippen LogP contribution in [-0.4, -0.2) is 13.2 Å². The van der Waals surface area contributed by atoms with Crippen LogP contribution in [0.5, 0.6) is 11.5 Å². The van der Waals surface area contributed by atoms with Gasteiger partial charge in [-0.05, 0) is 67.7 Å². The van der Waals surface area contributed by atoms with Crippen LogP contribution in [0.1, 0.15) is 79.7 Å². The fourth-order valence-electron chi connectivity index (χ4n) is 7.30. The summed E-state index contributed by atoms with van der Waals surface area (Å²) in [6.45, 7) is 5.38. The normalized spacial score (nSPS) is 14.0. The first-order valence-electron chi connectivity index (χ1n) is 17.2. The smallest absolute Gasteiger partial charge is 0.139 e. The van der Waals surface area contributed by atoms with Crippen LogP contribution in [0.25, 0.3) is 60.2 Å². The zero-order chi connectivity index (χ0) is 36.0. The van der Waals surface area contributed by atoms with E-state index >= 15 is 0 Å². The van der Waals surface area contributed by atoms with E-state index in [1.165, 1.54) is 63.8 Å². The standard InChI is InChI=1S/C40H30N4O2S6/c1-3-10-45-27-14-24(12-22(18-41)19-42)47-34(27)29-16-26-33(49-29)37-32(40(26)8-6-5-7-9-40)38-39(52-37)36-31(51-38)17-30(50-36)35-28(46-11-4-2)15-25(48-35)13-23(20-43)21-44/h12-17H,3-11H2,1-2H3. The third kappa shape index (κ3) is 5.80. The highest BCUT2D eigenvalue weighted by Crippen LogP contribution is 2.66. The molecule has 6 aromatic heterocycles. The number of nitriles is 4. The van der Waals surface area contributed by atoms with Crippen LogP contribution in [-0.2, 0) is 5.41 Å². The van der Waals surface area contributed by atoms with Gasteiger partial charge in [0.1, 0.15) is 46.9 Å². The highest BCUT2D eigenvalue weighted by Gasteiger charge is 2.48. The summed E-state index contributed by atoms with van der Waals surface area (Å²) < 4.78 is 17.8. The van der Waals surface area contributed by atoms with Crippen molar-refractivity contribution in [1.82, 2.24) is 0 Å². The first kappa shape index (κ1) is 34.8. The average Bonchev–Trinajstić information content (AvgIpc) is 4.02. The summed E-state index contributed by atoms with van der Waals surface area (Å²) in [5.74, 6) is 1.62. The molecule has 0 aromatic carbocycles. The third-order valence-corrected chi connectivity index (χ3v) is 17.2. The molecule has 6 heterocycles. The van der Waals surface area contributed by atoms with Gasteiger partial charge in [-0.15, -0.1) is 68.0 Å². The van der Waals surface area contributed by atoms with Crippen molar-refractivity contribution >= 4 is 99.0 Å². The van der Waals surface area contributed by atoms with E-state index < -0.39 is 0 Å². The topological polar surface area (TPSA) is 114 Å². The molecule has 0 aliphatic heterocycles. The molecule has 0 N–H and O–H groups in total. The molecule has 6 nitrogen and oxygen atoms in total. The summed E-state index contributed by atoms with van der Waals surface area (Å²) in [6.07, 6.45) is 11.1. The number of rotatable bonds is 10. The van der Waals surface area contributed by atoms with Gasteiger partial charge in [-0.3, -0.25) is 0 Å². The zero-order valence-electron chi connectivity index (χ0n) is 28.4. The van der Waals surface area contributed by atoms with E-state index in [0.717, 1.165) is 61.6 Å². The van der Waals surface area contributed by atoms with Crippen molar-refractivity contribution in [3.05, 3.63) is 56.3 Å². The van der Waals surface area contributed by atoms with Crippen molar-refractivity contribution in [3.8, 4) is 65.0 Å². The maximum Gasteiger partial charge on any atom is 0.139 e. The predicted molar refractivity (Wildman–Crippen MR) is 219 cm³/mol. The largest absolute Gasteiger partial charge is 0.492 e. The molecule has 0 unspecified atom stereocenters. The minimum Gasteiger partial charge on any atom is -0.492 e. The van der Waals surface area contributed by atoms with Crippen molar-refractivity contribution < 1.29 is 9.47 Å². The Hall–Kier alpha value is -4.24. The van der Waals surface area contributed by atoms with Crippen LogP contribution >= 0.6 is 68.0 Å². The minimum atomic E-state index is 0.000275. The SMILES string of the molecule is CCCOc1cc(C=C(C#N)C#N)sc1-c1cc2c(s1)-c1sc3c(sc4cc(-c5sc(C=C(C#N)C#N)cc5OCCC)sc43)c1C21CCCCC1. The first-order valence-corrected chi connectivity index (χ1v) is 22.1. The van der Waals surface area contributed by atoms with Crippen LogP contribution in [0.4, 0.5) is 0 Å². The second-order valence-electron chi connectivity index (χ2n) is 12.8. The third-order valence-electron chi connectivity index (χ3n) is 9.48. The quantitative estimate of drug-likeness (QED) is 0.128. The van der Waals surface area contributed by atoms with Gasteiger partial charge in [-0.1, -0.05) is 33.1 Å². The van der Waals surface area contributed by atoms with Crippen molar-refractivity contribution in [2.24, 2.45) is 0 Å². The molecule has 0 atom stereocenters. The molecule has 0 radical (unpaired) electrons. The molecule has 1 fully saturated rings. The van der Waals surface area contributed by atoms with E-state index in [4.69, 9.17) is 9.47 Å². The number of hydrogen-bond acceptors (Lipinski definition) is 12. The number of nitrogens with zero attached hydrogens (tertiary/aromatic N) is 4. The van der Waals surface area contributed by atoms with Crippen molar-refractivity contribution in [2.75, 3.05) is 13.2 Å². The lowest BCUT2D eigenvalue weighted by molar-refractivity contribution is 0.320. The van der Waals surface area contributed by atoms with Gasteiger partial charge in [-0.25, -0.2) is 0 Å². The molecule has 8 rings (SSSR count). The predicted octanol–water partition coefficient (Wildman–Crippen LogP) is 13.4. The Morgan fingerprint density at radius 1 is 0.635 bits per heavy atom. The molecule has 6 aromatic rings. The number of thiophene rings is 6. The number of ether oxygens (including phenoxy) is 2. The van der Waals surface area contributed by atoms with Crippen LogP contribution in [0.15, 0.2) is 35.4 Å². The molecule has 2 aliphatic carbocycles. The molecule has 258 valence electrons. The molecule has 12 heteroatoms. The van der Waals surface area contributed by atoms with Crippen LogP contribution in [0.2, 0.25) is 0 Å². The Balaban J connectivity index is 1.25. The second kappa shape index (κ2) is 14.3. The summed E-state index contributed by atoms with van der Waals surface area (Å²) in [5, 5.41) is 37.5. The zero-order valence-corrected chi connectivity index (χ0v) is 33.3. The lowest BCUT2D eigenvalue weighted by Gasteiger charge is -2.35. The Labute approximate surface area is 326 Å². The summed E-state index contributed by atoms with van der Waals surface area (Å²) >= 11 is 10.7. The molecule has 0 amide bonds. The van der Waals surface area contributed by atoms with Gasteiger partial charge >= 0.3 is 0 Å². The van der Waals surface area contributed by atoms with Crippen LogP contribution < -0.4 is 9.47 Å². The highest BCUT2D eigenvalue weighted by atomic mass is 32.1. The Bertz CT molecular complexity index is 2570. The molecular formula is C40H30N4O2S6. The van der Waals surface area contributed by atoms with Gasteiger partial charge < -0.3 is 9.47 Å². The maximum atomic E-state index is 9.40. The lowest BCUT2D eigenvalue weighted by Crippen LogP contribution is -2.27. The van der Waals surface area contributed by atoms with E-state index in [1.54, 1.807) is 34.8 Å². The van der Waals surface area contributed by atoms with Crippen LogP contribution in [0, 0.1) is 45.3 Å². The number of fused-ring (bicyclic) bond motifs is 9. The number of allylic oxidation sites excluding steroid dienone is 2. The van der Waals surface area contributed by atoms with Crippen molar-refractivity contribution in [3.63, 3.8) is 0 Å².